The molecule has 0 saturated carbocycles. The third-order valence-electron chi connectivity index (χ3n) is 11.6. The predicted molar refractivity (Wildman–Crippen MR) is 251 cm³/mol. The maximum absolute atomic E-state index is 13.5. The lowest BCUT2D eigenvalue weighted by atomic mass is 9.99. The van der Waals surface area contributed by atoms with E-state index in [1.54, 1.807) is 0 Å². The smallest absolute Gasteiger partial charge is 0.243 e. The fourth-order valence-electron chi connectivity index (χ4n) is 7.94. The maximum atomic E-state index is 13.5. The summed E-state index contributed by atoms with van der Waals surface area (Å²) in [5, 5.41) is 6.32. The van der Waals surface area contributed by atoms with E-state index >= 15 is 0 Å². The normalized spacial score (nSPS) is 12.7. The van der Waals surface area contributed by atoms with Gasteiger partial charge in [-0.1, -0.05) is 164 Å². The van der Waals surface area contributed by atoms with Crippen LogP contribution in [0.1, 0.15) is 202 Å². The molecule has 0 saturated heterocycles. The Labute approximate surface area is 365 Å². The van der Waals surface area contributed by atoms with Crippen molar-refractivity contribution in [2.45, 2.75) is 214 Å². The minimum atomic E-state index is -0.469. The lowest BCUT2D eigenvalue weighted by molar-refractivity contribution is -0.142. The van der Waals surface area contributed by atoms with Crippen LogP contribution in [-0.4, -0.2) is 123 Å². The van der Waals surface area contributed by atoms with Crippen LogP contribution in [0.15, 0.2) is 0 Å². The Balaban J connectivity index is 4.81. The summed E-state index contributed by atoms with van der Waals surface area (Å²) in [6.45, 7) is 16.4. The maximum Gasteiger partial charge on any atom is 0.243 e. The molecule has 0 bridgehead atoms. The lowest BCUT2D eigenvalue weighted by Crippen LogP contribution is -2.54. The highest BCUT2D eigenvalue weighted by molar-refractivity contribution is 5.88. The number of nitrogens with zero attached hydrogens (tertiary/aromatic N) is 4. The number of amides is 4. The highest BCUT2D eigenvalue weighted by Gasteiger charge is 2.33. The van der Waals surface area contributed by atoms with Gasteiger partial charge >= 0.3 is 0 Å². The van der Waals surface area contributed by atoms with Crippen LogP contribution in [0.2, 0.25) is 0 Å². The number of hydrogen-bond acceptors (Lipinski definition) is 6. The minimum Gasteiger partial charge on any atom is -0.354 e. The fourth-order valence-corrected chi connectivity index (χ4v) is 7.94. The molecule has 0 rings (SSSR count). The van der Waals surface area contributed by atoms with Gasteiger partial charge in [-0.05, 0) is 65.7 Å². The summed E-state index contributed by atoms with van der Waals surface area (Å²) in [6.07, 6.45) is 27.6. The molecule has 10 heteroatoms. The predicted octanol–water partition coefficient (Wildman–Crippen LogP) is 9.84. The Bertz CT molecular complexity index is 972. The quantitative estimate of drug-likeness (QED) is 0.0596. The largest absolute Gasteiger partial charge is 0.354 e. The first-order valence-corrected chi connectivity index (χ1v) is 24.7. The van der Waals surface area contributed by atoms with Gasteiger partial charge in [-0.3, -0.25) is 19.2 Å². The van der Waals surface area contributed by atoms with E-state index in [2.05, 4.69) is 34.3 Å². The second-order valence-electron chi connectivity index (χ2n) is 18.7. The molecule has 10 nitrogen and oxygen atoms in total. The van der Waals surface area contributed by atoms with Gasteiger partial charge in [0.25, 0.3) is 0 Å². The zero-order valence-corrected chi connectivity index (χ0v) is 40.7. The molecule has 59 heavy (non-hydrogen) atoms. The standard InChI is InChI=1S/C49H98N6O4/c1-11-13-15-17-19-21-23-26-30-34-44(56)54(40-38-52(7)8)46(42(3)4)48(58)50-36-32-28-25-29-33-37-51-49(59)47(43(5)6)55(41-39-53(9)10)45(57)35-31-27-24-22-20-18-16-14-12-2/h42-43,46-47H,11-41H2,1-10H3,(H,50,58)(H,51,59). The molecular formula is C49H98N6O4. The van der Waals surface area contributed by atoms with Crippen LogP contribution in [0.4, 0.5) is 0 Å². The molecule has 0 aromatic rings. The van der Waals surface area contributed by atoms with Crippen molar-refractivity contribution in [1.82, 2.24) is 30.2 Å². The molecule has 0 spiro atoms. The summed E-state index contributed by atoms with van der Waals surface area (Å²) in [4.78, 5) is 62.0. The van der Waals surface area contributed by atoms with Crippen molar-refractivity contribution in [1.29, 1.82) is 0 Å². The van der Waals surface area contributed by atoms with Crippen molar-refractivity contribution in [2.24, 2.45) is 11.8 Å². The van der Waals surface area contributed by atoms with Crippen LogP contribution in [0.5, 0.6) is 0 Å². The molecule has 348 valence electrons. The molecule has 0 aliphatic carbocycles. The summed E-state index contributed by atoms with van der Waals surface area (Å²) in [7, 11) is 8.03. The number of likely N-dealkylation sites (N-methyl/N-ethyl adjacent to an activating group) is 2. The van der Waals surface area contributed by atoms with E-state index in [1.165, 1.54) is 89.9 Å². The zero-order valence-electron chi connectivity index (χ0n) is 40.7. The Kier molecular flexibility index (Phi) is 36.2. The lowest BCUT2D eigenvalue weighted by Gasteiger charge is -2.34. The van der Waals surface area contributed by atoms with E-state index < -0.39 is 12.1 Å². The fraction of sp³-hybridized carbons (Fsp3) is 0.918. The highest BCUT2D eigenvalue weighted by atomic mass is 16.2. The molecule has 0 aliphatic heterocycles. The molecule has 0 heterocycles. The van der Waals surface area contributed by atoms with E-state index in [-0.39, 0.29) is 35.5 Å². The van der Waals surface area contributed by atoms with E-state index in [9.17, 15) is 19.2 Å². The van der Waals surface area contributed by atoms with Crippen molar-refractivity contribution in [3.05, 3.63) is 0 Å². The van der Waals surface area contributed by atoms with Crippen LogP contribution in [0.3, 0.4) is 0 Å². The second kappa shape index (κ2) is 37.6. The van der Waals surface area contributed by atoms with Crippen LogP contribution >= 0.6 is 0 Å². The Morgan fingerprint density at radius 1 is 0.390 bits per heavy atom. The first-order chi connectivity index (χ1) is 28.3. The summed E-state index contributed by atoms with van der Waals surface area (Å²) >= 11 is 0. The molecule has 2 N–H and O–H groups in total. The first kappa shape index (κ1) is 56.8. The molecule has 0 fully saturated rings. The van der Waals surface area contributed by atoms with Gasteiger partial charge in [-0.25, -0.2) is 0 Å². The second-order valence-corrected chi connectivity index (χ2v) is 18.7. The topological polar surface area (TPSA) is 105 Å². The number of nitrogens with one attached hydrogen (secondary N) is 2. The number of rotatable bonds is 40. The van der Waals surface area contributed by atoms with E-state index in [4.69, 9.17) is 0 Å². The average molecular weight is 835 g/mol. The molecule has 0 aromatic carbocycles. The Hall–Kier alpha value is -2.20. The van der Waals surface area contributed by atoms with Crippen molar-refractivity contribution in [2.75, 3.05) is 67.5 Å². The van der Waals surface area contributed by atoms with Crippen molar-refractivity contribution < 1.29 is 19.2 Å². The van der Waals surface area contributed by atoms with Crippen LogP contribution in [0, 0.1) is 11.8 Å². The van der Waals surface area contributed by atoms with E-state index in [0.29, 0.717) is 39.0 Å². The monoisotopic (exact) mass is 835 g/mol. The third kappa shape index (κ3) is 29.7. The summed E-state index contributed by atoms with van der Waals surface area (Å²) in [6, 6.07) is -0.938. The van der Waals surface area contributed by atoms with Gasteiger partial charge in [0.2, 0.25) is 23.6 Å². The molecule has 2 atom stereocenters. The minimum absolute atomic E-state index is 0.0210. The SMILES string of the molecule is CCCCCCCCCCCC(=O)N(CCN(C)C)C(C(=O)NCCCCCCCNC(=O)C(C(C)C)N(CCN(C)C)C(=O)CCCCCCCCCCC)C(C)C. The zero-order chi connectivity index (χ0) is 44.3. The van der Waals surface area contributed by atoms with Gasteiger partial charge in [-0.15, -0.1) is 0 Å². The summed E-state index contributed by atoms with van der Waals surface area (Å²) < 4.78 is 0. The molecule has 2 unspecified atom stereocenters. The Morgan fingerprint density at radius 2 is 0.661 bits per heavy atom. The van der Waals surface area contributed by atoms with Gasteiger partial charge in [-0.2, -0.15) is 0 Å². The first-order valence-electron chi connectivity index (χ1n) is 24.7. The van der Waals surface area contributed by atoms with E-state index in [1.807, 2.05) is 65.7 Å². The third-order valence-corrected chi connectivity index (χ3v) is 11.6. The summed E-state index contributed by atoms with van der Waals surface area (Å²) in [5.41, 5.74) is 0. The van der Waals surface area contributed by atoms with Gasteiger partial charge in [0.1, 0.15) is 12.1 Å². The Morgan fingerprint density at radius 3 is 0.932 bits per heavy atom. The average Bonchev–Trinajstić information content (AvgIpc) is 3.18. The molecular weight excluding hydrogens is 737 g/mol. The molecule has 0 aliphatic rings. The number of hydrogen-bond donors (Lipinski definition) is 2. The number of carbonyl (C=O) groups is 4. The molecule has 4 amide bonds. The van der Waals surface area contributed by atoms with Crippen molar-refractivity contribution >= 4 is 23.6 Å². The summed E-state index contributed by atoms with van der Waals surface area (Å²) in [5.74, 6) is 0.135. The molecule has 0 radical (unpaired) electrons. The van der Waals surface area contributed by atoms with Crippen LogP contribution in [0.25, 0.3) is 0 Å². The van der Waals surface area contributed by atoms with Crippen LogP contribution in [-0.2, 0) is 19.2 Å². The molecule has 0 aromatic heterocycles. The number of unbranched alkanes of at least 4 members (excludes halogenated alkanes) is 20. The van der Waals surface area contributed by atoms with Crippen molar-refractivity contribution in [3.8, 4) is 0 Å². The van der Waals surface area contributed by atoms with Gasteiger partial charge in [0, 0.05) is 52.1 Å². The number of carbonyl (C=O) groups excluding carboxylic acids is 4. The highest BCUT2D eigenvalue weighted by Crippen LogP contribution is 2.18. The van der Waals surface area contributed by atoms with Gasteiger partial charge < -0.3 is 30.2 Å². The van der Waals surface area contributed by atoms with Crippen LogP contribution < -0.4 is 10.6 Å². The van der Waals surface area contributed by atoms with Crippen molar-refractivity contribution in [3.63, 3.8) is 0 Å². The van der Waals surface area contributed by atoms with Gasteiger partial charge in [0.05, 0.1) is 0 Å². The van der Waals surface area contributed by atoms with Gasteiger partial charge in [0.15, 0.2) is 0 Å². The van der Waals surface area contributed by atoms with E-state index in [0.717, 1.165) is 70.9 Å².